The van der Waals surface area contributed by atoms with Gasteiger partial charge in [-0.3, -0.25) is 0 Å². The Morgan fingerprint density at radius 1 is 0.281 bits per heavy atom. The Labute approximate surface area is 334 Å². The summed E-state index contributed by atoms with van der Waals surface area (Å²) in [7, 11) is 0. The maximum Gasteiger partial charge on any atom is 0.160 e. The molecule has 1 aliphatic carbocycles. The molecule has 0 radical (unpaired) electrons. The van der Waals surface area contributed by atoms with E-state index in [4.69, 9.17) is 9.97 Å². The highest BCUT2D eigenvalue weighted by Crippen LogP contribution is 2.49. The zero-order chi connectivity index (χ0) is 38.3. The molecule has 0 atom stereocenters. The largest absolute Gasteiger partial charge is 0.228 e. The number of hydrogen-bond donors (Lipinski definition) is 0. The quantitative estimate of drug-likeness (QED) is 0.163. The zero-order valence-electron chi connectivity index (χ0n) is 32.0. The van der Waals surface area contributed by atoms with Crippen molar-refractivity contribution in [3.05, 3.63) is 217 Å². The van der Waals surface area contributed by atoms with Gasteiger partial charge in [-0.2, -0.15) is 0 Å². The highest BCUT2D eigenvalue weighted by Gasteiger charge is 2.35. The van der Waals surface area contributed by atoms with E-state index in [9.17, 15) is 0 Å². The third-order valence-corrected chi connectivity index (χ3v) is 11.5. The Morgan fingerprint density at radius 3 is 1.35 bits per heavy atom. The summed E-state index contributed by atoms with van der Waals surface area (Å²) in [6.45, 7) is 4.68. The second-order valence-corrected chi connectivity index (χ2v) is 15.4. The average molecular weight is 729 g/mol. The van der Waals surface area contributed by atoms with E-state index in [0.29, 0.717) is 5.82 Å². The first-order chi connectivity index (χ1) is 28.0. The van der Waals surface area contributed by atoms with Crippen LogP contribution in [0.5, 0.6) is 0 Å². The molecule has 2 heteroatoms. The van der Waals surface area contributed by atoms with Gasteiger partial charge in [0, 0.05) is 22.1 Å². The minimum absolute atomic E-state index is 0.0377. The van der Waals surface area contributed by atoms with Gasteiger partial charge in [0.25, 0.3) is 0 Å². The summed E-state index contributed by atoms with van der Waals surface area (Å²) in [5.41, 5.74) is 19.7. The van der Waals surface area contributed by atoms with Gasteiger partial charge in [-0.05, 0) is 103 Å². The smallest absolute Gasteiger partial charge is 0.160 e. The SMILES string of the molecule is CC1(C)c2ccccc2-c2ccc(-c3cccc(-c4ccc(-c5nc(-c6ccccc6)cc(-c6cc(-c7ccccc7)cc(-c7ccccc7)c6)n5)cc4)c3)cc21. The molecule has 0 saturated carbocycles. The van der Waals surface area contributed by atoms with Crippen LogP contribution in [0.3, 0.4) is 0 Å². The zero-order valence-corrected chi connectivity index (χ0v) is 32.0. The van der Waals surface area contributed by atoms with Crippen LogP contribution >= 0.6 is 0 Å². The van der Waals surface area contributed by atoms with Crippen molar-refractivity contribution in [2.24, 2.45) is 0 Å². The minimum Gasteiger partial charge on any atom is -0.228 e. The Kier molecular flexibility index (Phi) is 8.53. The first-order valence-corrected chi connectivity index (χ1v) is 19.6. The second-order valence-electron chi connectivity index (χ2n) is 15.4. The summed E-state index contributed by atoms with van der Waals surface area (Å²) in [5.74, 6) is 0.694. The molecule has 270 valence electrons. The Bertz CT molecular complexity index is 2840. The van der Waals surface area contributed by atoms with Crippen molar-refractivity contribution >= 4 is 0 Å². The lowest BCUT2D eigenvalue weighted by molar-refractivity contribution is 0.660. The molecule has 1 aliphatic rings. The second kappa shape index (κ2) is 14.2. The van der Waals surface area contributed by atoms with Crippen molar-refractivity contribution in [1.82, 2.24) is 9.97 Å². The van der Waals surface area contributed by atoms with Gasteiger partial charge in [-0.15, -0.1) is 0 Å². The molecule has 2 nitrogen and oxygen atoms in total. The molecule has 0 unspecified atom stereocenters. The van der Waals surface area contributed by atoms with Gasteiger partial charge < -0.3 is 0 Å². The first-order valence-electron chi connectivity index (χ1n) is 19.6. The van der Waals surface area contributed by atoms with Crippen LogP contribution in [0.15, 0.2) is 206 Å². The van der Waals surface area contributed by atoms with Crippen LogP contribution in [-0.2, 0) is 5.41 Å². The van der Waals surface area contributed by atoms with Crippen LogP contribution in [0.25, 0.3) is 89.5 Å². The van der Waals surface area contributed by atoms with Crippen LogP contribution < -0.4 is 0 Å². The first kappa shape index (κ1) is 34.3. The molecular formula is C55H40N2. The van der Waals surface area contributed by atoms with Crippen LogP contribution in [-0.4, -0.2) is 9.97 Å². The third-order valence-electron chi connectivity index (χ3n) is 11.5. The number of rotatable bonds is 7. The number of benzene rings is 8. The van der Waals surface area contributed by atoms with E-state index in [2.05, 4.69) is 214 Å². The monoisotopic (exact) mass is 728 g/mol. The maximum atomic E-state index is 5.27. The molecule has 0 fully saturated rings. The lowest BCUT2D eigenvalue weighted by Gasteiger charge is -2.22. The number of fused-ring (bicyclic) bond motifs is 3. The predicted octanol–water partition coefficient (Wildman–Crippen LogP) is 14.5. The lowest BCUT2D eigenvalue weighted by Crippen LogP contribution is -2.14. The molecule has 57 heavy (non-hydrogen) atoms. The molecule has 1 heterocycles. The van der Waals surface area contributed by atoms with Crippen molar-refractivity contribution in [3.8, 4) is 89.5 Å². The van der Waals surface area contributed by atoms with Crippen molar-refractivity contribution < 1.29 is 0 Å². The molecule has 0 bridgehead atoms. The molecule has 10 rings (SSSR count). The van der Waals surface area contributed by atoms with Crippen LogP contribution in [0, 0.1) is 0 Å². The van der Waals surface area contributed by atoms with Gasteiger partial charge in [-0.1, -0.05) is 184 Å². The van der Waals surface area contributed by atoms with Gasteiger partial charge in [-0.25, -0.2) is 9.97 Å². The standard InChI is InChI=1S/C55H40N2/c1-55(2)50-24-13-12-23-48(50)49-30-29-44(35-51(49)55)43-22-14-21-42(31-43)39-25-27-41(28-26-39)54-56-52(40-19-10-5-11-20-40)36-53(57-54)47-33-45(37-15-6-3-7-16-37)32-46(34-47)38-17-8-4-9-18-38/h3-36H,1-2H3. The molecule has 9 aromatic rings. The molecular weight excluding hydrogens is 689 g/mol. The highest BCUT2D eigenvalue weighted by molar-refractivity contribution is 5.85. The van der Waals surface area contributed by atoms with Crippen LogP contribution in [0.4, 0.5) is 0 Å². The molecule has 0 amide bonds. The van der Waals surface area contributed by atoms with Gasteiger partial charge in [0.2, 0.25) is 0 Å². The molecule has 0 saturated heterocycles. The van der Waals surface area contributed by atoms with Crippen LogP contribution in [0.2, 0.25) is 0 Å². The topological polar surface area (TPSA) is 25.8 Å². The van der Waals surface area contributed by atoms with E-state index in [1.54, 1.807) is 0 Å². The van der Waals surface area contributed by atoms with E-state index in [0.717, 1.165) is 44.8 Å². The highest BCUT2D eigenvalue weighted by atomic mass is 14.9. The van der Waals surface area contributed by atoms with Crippen molar-refractivity contribution in [1.29, 1.82) is 0 Å². The number of hydrogen-bond acceptors (Lipinski definition) is 2. The van der Waals surface area contributed by atoms with Crippen molar-refractivity contribution in [3.63, 3.8) is 0 Å². The maximum absolute atomic E-state index is 5.27. The minimum atomic E-state index is -0.0377. The Balaban J connectivity index is 1.02. The van der Waals surface area contributed by atoms with Gasteiger partial charge >= 0.3 is 0 Å². The number of aromatic nitrogens is 2. The summed E-state index contributed by atoms with van der Waals surface area (Å²) in [6, 6.07) is 73.8. The summed E-state index contributed by atoms with van der Waals surface area (Å²) in [5, 5.41) is 0. The number of nitrogens with zero attached hydrogens (tertiary/aromatic N) is 2. The van der Waals surface area contributed by atoms with E-state index in [-0.39, 0.29) is 5.41 Å². The fourth-order valence-corrected chi connectivity index (χ4v) is 8.42. The molecule has 0 aliphatic heterocycles. The van der Waals surface area contributed by atoms with Gasteiger partial charge in [0.15, 0.2) is 5.82 Å². The summed E-state index contributed by atoms with van der Waals surface area (Å²) < 4.78 is 0. The summed E-state index contributed by atoms with van der Waals surface area (Å²) >= 11 is 0. The molecule has 1 aromatic heterocycles. The van der Waals surface area contributed by atoms with Gasteiger partial charge in [0.1, 0.15) is 0 Å². The van der Waals surface area contributed by atoms with E-state index in [1.807, 2.05) is 6.07 Å². The Hall–Kier alpha value is -7.16. The van der Waals surface area contributed by atoms with E-state index in [1.165, 1.54) is 50.1 Å². The lowest BCUT2D eigenvalue weighted by atomic mass is 9.81. The average Bonchev–Trinajstić information content (AvgIpc) is 3.52. The normalized spacial score (nSPS) is 12.5. The van der Waals surface area contributed by atoms with Crippen LogP contribution in [0.1, 0.15) is 25.0 Å². The van der Waals surface area contributed by atoms with Crippen molar-refractivity contribution in [2.45, 2.75) is 19.3 Å². The fraction of sp³-hybridized carbons (Fsp3) is 0.0545. The molecule has 0 spiro atoms. The molecule has 8 aromatic carbocycles. The predicted molar refractivity (Wildman–Crippen MR) is 238 cm³/mol. The van der Waals surface area contributed by atoms with E-state index < -0.39 is 0 Å². The third kappa shape index (κ3) is 6.46. The van der Waals surface area contributed by atoms with Gasteiger partial charge in [0.05, 0.1) is 11.4 Å². The van der Waals surface area contributed by atoms with E-state index >= 15 is 0 Å². The van der Waals surface area contributed by atoms with Crippen molar-refractivity contribution in [2.75, 3.05) is 0 Å². The Morgan fingerprint density at radius 2 is 0.702 bits per heavy atom. The molecule has 0 N–H and O–H groups in total. The summed E-state index contributed by atoms with van der Waals surface area (Å²) in [6.07, 6.45) is 0. The summed E-state index contributed by atoms with van der Waals surface area (Å²) in [4.78, 5) is 10.4. The fourth-order valence-electron chi connectivity index (χ4n) is 8.42.